The van der Waals surface area contributed by atoms with Crippen LogP contribution >= 0.6 is 12.0 Å². The second-order valence-corrected chi connectivity index (χ2v) is 11.3. The van der Waals surface area contributed by atoms with Gasteiger partial charge < -0.3 is 28.7 Å². The average molecular weight is 606 g/mol. The molecule has 224 valence electrons. The van der Waals surface area contributed by atoms with Crippen molar-refractivity contribution in [2.24, 2.45) is 4.99 Å². The highest BCUT2D eigenvalue weighted by Gasteiger charge is 2.35. The van der Waals surface area contributed by atoms with Crippen LogP contribution in [0.2, 0.25) is 0 Å². The van der Waals surface area contributed by atoms with E-state index in [1.54, 1.807) is 30.3 Å². The molecule has 0 saturated heterocycles. The minimum absolute atomic E-state index is 0.303. The fourth-order valence-corrected chi connectivity index (χ4v) is 5.40. The van der Waals surface area contributed by atoms with Gasteiger partial charge in [-0.2, -0.15) is 0 Å². The molecular formula is C32H32FN3O6S. The first kappa shape index (κ1) is 30.0. The van der Waals surface area contributed by atoms with Crippen LogP contribution < -0.4 is 20.1 Å². The fraction of sp³-hybridized carbons (Fsp3) is 0.281. The predicted molar refractivity (Wildman–Crippen MR) is 165 cm³/mol. The van der Waals surface area contributed by atoms with E-state index in [0.717, 1.165) is 6.42 Å². The van der Waals surface area contributed by atoms with Crippen LogP contribution in [0.15, 0.2) is 64.0 Å². The highest BCUT2D eigenvalue weighted by atomic mass is 32.2. The van der Waals surface area contributed by atoms with Crippen molar-refractivity contribution in [2.75, 3.05) is 20.8 Å². The van der Waals surface area contributed by atoms with Gasteiger partial charge >= 0.3 is 0 Å². The van der Waals surface area contributed by atoms with Crippen LogP contribution in [0.1, 0.15) is 47.9 Å². The van der Waals surface area contributed by atoms with E-state index in [1.807, 2.05) is 32.9 Å². The number of nitrogens with one attached hydrogen (secondary N) is 2. The molecule has 1 aliphatic heterocycles. The van der Waals surface area contributed by atoms with Crippen molar-refractivity contribution < 1.29 is 32.1 Å². The molecule has 0 radical (unpaired) electrons. The van der Waals surface area contributed by atoms with E-state index in [9.17, 15) is 14.0 Å². The molecule has 43 heavy (non-hydrogen) atoms. The Morgan fingerprint density at radius 3 is 2.44 bits per heavy atom. The molecule has 2 amide bonds. The first-order valence-corrected chi connectivity index (χ1v) is 14.5. The van der Waals surface area contributed by atoms with Crippen LogP contribution in [0.3, 0.4) is 0 Å². The van der Waals surface area contributed by atoms with E-state index in [1.165, 1.54) is 44.7 Å². The average Bonchev–Trinajstić information content (AvgIpc) is 3.68. The zero-order valence-electron chi connectivity index (χ0n) is 24.4. The summed E-state index contributed by atoms with van der Waals surface area (Å²) in [5.41, 5.74) is 2.19. The molecule has 5 rings (SSSR count). The summed E-state index contributed by atoms with van der Waals surface area (Å²) in [7, 11) is 3.04. The van der Waals surface area contributed by atoms with Crippen LogP contribution in [0.5, 0.6) is 11.5 Å². The summed E-state index contributed by atoms with van der Waals surface area (Å²) in [6.07, 6.45) is 2.12. The number of benzene rings is 3. The number of fused-ring (bicyclic) bond motifs is 1. The molecule has 1 atom stereocenters. The van der Waals surface area contributed by atoms with E-state index < -0.39 is 11.4 Å². The SMILES string of the molecule is CCCOc1cc2oc(-c3ccc(F)cc3)c(C(=O)NC)c2cc1-c1ccc(OC)c(C(=O)NC(C)(C)C2N=COS2)c1. The molecule has 1 unspecified atom stereocenters. The lowest BCUT2D eigenvalue weighted by Gasteiger charge is -2.29. The number of halogens is 1. The molecule has 4 aromatic rings. The number of carbonyl (C=O) groups excluding carboxylic acids is 2. The van der Waals surface area contributed by atoms with E-state index >= 15 is 0 Å². The first-order chi connectivity index (χ1) is 20.7. The first-order valence-electron chi connectivity index (χ1n) is 13.7. The summed E-state index contributed by atoms with van der Waals surface area (Å²) in [4.78, 5) is 31.0. The Balaban J connectivity index is 1.65. The normalized spacial score (nSPS) is 14.4. The molecule has 0 bridgehead atoms. The maximum atomic E-state index is 13.7. The maximum absolute atomic E-state index is 13.7. The summed E-state index contributed by atoms with van der Waals surface area (Å²) in [5.74, 6) is 0.103. The summed E-state index contributed by atoms with van der Waals surface area (Å²) < 4.78 is 36.7. The second kappa shape index (κ2) is 12.4. The van der Waals surface area contributed by atoms with Crippen molar-refractivity contribution in [1.82, 2.24) is 10.6 Å². The summed E-state index contributed by atoms with van der Waals surface area (Å²) in [5, 5.41) is 5.94. The molecular weight excluding hydrogens is 573 g/mol. The number of nitrogens with zero attached hydrogens (tertiary/aromatic N) is 1. The Labute approximate surface area is 253 Å². The van der Waals surface area contributed by atoms with Crippen LogP contribution in [0.4, 0.5) is 4.39 Å². The fourth-order valence-electron chi connectivity index (χ4n) is 4.80. The highest BCUT2D eigenvalue weighted by molar-refractivity contribution is 7.96. The number of hydrogen-bond acceptors (Lipinski definition) is 8. The van der Waals surface area contributed by atoms with E-state index in [4.69, 9.17) is 18.1 Å². The highest BCUT2D eigenvalue weighted by Crippen LogP contribution is 2.42. The number of ether oxygens (including phenoxy) is 2. The van der Waals surface area contributed by atoms with Crippen molar-refractivity contribution in [3.63, 3.8) is 0 Å². The summed E-state index contributed by atoms with van der Waals surface area (Å²) >= 11 is 1.17. The predicted octanol–water partition coefficient (Wildman–Crippen LogP) is 6.60. The topological polar surface area (TPSA) is 111 Å². The molecule has 2 heterocycles. The molecule has 0 fully saturated rings. The molecule has 0 saturated carbocycles. The molecule has 1 aliphatic rings. The van der Waals surface area contributed by atoms with Gasteiger partial charge in [-0.15, -0.1) is 0 Å². The lowest BCUT2D eigenvalue weighted by atomic mass is 9.97. The van der Waals surface area contributed by atoms with E-state index in [-0.39, 0.29) is 17.2 Å². The third kappa shape index (κ3) is 6.03. The molecule has 2 N–H and O–H groups in total. The summed E-state index contributed by atoms with van der Waals surface area (Å²) in [6.45, 7) is 6.17. The standard InChI is InChI=1S/C32H32FN3O6S/c1-6-13-40-25-16-26-22(27(30(38)34-4)28(42-26)18-7-10-20(33)11-8-18)15-21(25)19-9-12-24(39-5)23(14-19)29(37)36-32(2,3)31-35-17-41-43-31/h7-12,14-17,31H,6,13H2,1-5H3,(H,34,38)(H,36,37). The minimum atomic E-state index is -0.722. The Bertz CT molecular complexity index is 1700. The Morgan fingerprint density at radius 1 is 1.05 bits per heavy atom. The van der Waals surface area contributed by atoms with Crippen molar-refractivity contribution in [3.05, 3.63) is 71.5 Å². The van der Waals surface area contributed by atoms with Gasteiger partial charge in [0.25, 0.3) is 11.8 Å². The van der Waals surface area contributed by atoms with Crippen LogP contribution in [0.25, 0.3) is 33.4 Å². The number of amides is 2. The third-order valence-electron chi connectivity index (χ3n) is 7.01. The van der Waals surface area contributed by atoms with Gasteiger partial charge in [-0.05, 0) is 68.3 Å². The zero-order valence-corrected chi connectivity index (χ0v) is 25.3. The quantitative estimate of drug-likeness (QED) is 0.196. The second-order valence-electron chi connectivity index (χ2n) is 10.5. The van der Waals surface area contributed by atoms with Crippen molar-refractivity contribution >= 4 is 41.2 Å². The molecule has 1 aromatic heterocycles. The number of furan rings is 1. The van der Waals surface area contributed by atoms with E-state index in [0.29, 0.717) is 62.7 Å². The number of methoxy groups -OCH3 is 1. The largest absolute Gasteiger partial charge is 0.496 e. The van der Waals surface area contributed by atoms with Gasteiger partial charge in [0.15, 0.2) is 11.8 Å². The van der Waals surface area contributed by atoms with Crippen molar-refractivity contribution in [1.29, 1.82) is 0 Å². The van der Waals surface area contributed by atoms with Gasteiger partial charge in [0.2, 0.25) is 0 Å². The smallest absolute Gasteiger partial charge is 0.255 e. The number of hydrogen-bond donors (Lipinski definition) is 2. The lowest BCUT2D eigenvalue weighted by Crippen LogP contribution is -2.49. The number of carbonyl (C=O) groups is 2. The van der Waals surface area contributed by atoms with Crippen molar-refractivity contribution in [3.8, 4) is 33.9 Å². The van der Waals surface area contributed by atoms with Gasteiger partial charge in [0, 0.05) is 29.6 Å². The number of rotatable bonds is 10. The molecule has 11 heteroatoms. The van der Waals surface area contributed by atoms with Gasteiger partial charge in [-0.1, -0.05) is 13.0 Å². The van der Waals surface area contributed by atoms with Crippen LogP contribution in [0, 0.1) is 5.82 Å². The zero-order chi connectivity index (χ0) is 30.7. The minimum Gasteiger partial charge on any atom is -0.496 e. The van der Waals surface area contributed by atoms with Gasteiger partial charge in [-0.3, -0.25) is 9.59 Å². The molecule has 0 spiro atoms. The third-order valence-corrected chi connectivity index (χ3v) is 8.10. The van der Waals surface area contributed by atoms with Gasteiger partial charge in [0.1, 0.15) is 28.7 Å². The van der Waals surface area contributed by atoms with Crippen molar-refractivity contribution in [2.45, 2.75) is 38.1 Å². The van der Waals surface area contributed by atoms with Gasteiger partial charge in [-0.25, -0.2) is 9.38 Å². The van der Waals surface area contributed by atoms with Crippen LogP contribution in [-0.4, -0.2) is 49.9 Å². The molecule has 9 nitrogen and oxygen atoms in total. The Morgan fingerprint density at radius 2 is 1.79 bits per heavy atom. The van der Waals surface area contributed by atoms with Gasteiger partial charge in [0.05, 0.1) is 42.4 Å². The Hall–Kier alpha value is -4.51. The molecule has 0 aliphatic carbocycles. The van der Waals surface area contributed by atoms with E-state index in [2.05, 4.69) is 15.6 Å². The monoisotopic (exact) mass is 605 g/mol. The Kier molecular flexibility index (Phi) is 8.63. The lowest BCUT2D eigenvalue weighted by molar-refractivity contribution is 0.0908. The maximum Gasteiger partial charge on any atom is 0.255 e. The summed E-state index contributed by atoms with van der Waals surface area (Å²) in [6, 6.07) is 14.6. The number of aliphatic imine (C=N–C) groups is 1. The van der Waals surface area contributed by atoms with Crippen LogP contribution in [-0.2, 0) is 4.18 Å². The molecule has 3 aromatic carbocycles.